The number of phenols is 1. The van der Waals surface area contributed by atoms with E-state index in [-0.39, 0.29) is 30.0 Å². The molecule has 180 valence electrons. The highest BCUT2D eigenvalue weighted by Gasteiger charge is 2.43. The van der Waals surface area contributed by atoms with Gasteiger partial charge in [0.05, 0.1) is 6.04 Å². The lowest BCUT2D eigenvalue weighted by molar-refractivity contribution is -0.133. The van der Waals surface area contributed by atoms with Crippen molar-refractivity contribution in [2.24, 2.45) is 5.73 Å². The van der Waals surface area contributed by atoms with Crippen LogP contribution in [-0.4, -0.2) is 46.6 Å². The number of aryl methyl sites for hydroxylation is 3. The molecular formula is C25H34ClN3O3S. The number of carbonyl (C=O) groups is 2. The van der Waals surface area contributed by atoms with Crippen molar-refractivity contribution in [2.45, 2.75) is 51.1 Å². The van der Waals surface area contributed by atoms with Crippen molar-refractivity contribution in [2.75, 3.05) is 18.1 Å². The van der Waals surface area contributed by atoms with Crippen LogP contribution in [0.2, 0.25) is 0 Å². The largest absolute Gasteiger partial charge is 0.508 e. The Balaban J connectivity index is 0.00000385. The molecule has 2 amide bonds. The molecule has 1 aliphatic rings. The van der Waals surface area contributed by atoms with E-state index in [0.29, 0.717) is 25.1 Å². The van der Waals surface area contributed by atoms with Crippen LogP contribution in [0.25, 0.3) is 0 Å². The first-order valence-corrected chi connectivity index (χ1v) is 12.2. The summed E-state index contributed by atoms with van der Waals surface area (Å²) in [4.78, 5) is 26.0. The number of nitrogens with one attached hydrogen (secondary N) is 2. The van der Waals surface area contributed by atoms with Gasteiger partial charge in [0.15, 0.2) is 0 Å². The minimum atomic E-state index is -0.912. The van der Waals surface area contributed by atoms with E-state index in [1.807, 2.05) is 32.0 Å². The maximum absolute atomic E-state index is 13.0. The van der Waals surface area contributed by atoms with E-state index in [0.717, 1.165) is 35.3 Å². The standard InChI is InChI=1S/C25H33N3O3S.ClH/c1-17-13-20(29)14-18(2)21(17)15-22(26)23(30)28-25(10-12-32-16-25)24(31)27-11-6-9-19-7-4-3-5-8-19;/h3-5,7-8,13-14,22,29H,6,9-12,15-16,26H2,1-2H3,(H,27,31)(H,28,30);1H. The SMILES string of the molecule is Cc1cc(O)cc(C)c1CC(N)C(=O)NC1(C(=O)NCCCc2ccccc2)CCSC1.Cl. The number of nitrogens with two attached hydrogens (primary N) is 1. The van der Waals surface area contributed by atoms with Gasteiger partial charge in [-0.15, -0.1) is 12.4 Å². The summed E-state index contributed by atoms with van der Waals surface area (Å²) in [6.45, 7) is 4.35. The normalized spacial score (nSPS) is 18.3. The van der Waals surface area contributed by atoms with Gasteiger partial charge in [-0.05, 0) is 79.7 Å². The van der Waals surface area contributed by atoms with Crippen LogP contribution >= 0.6 is 24.2 Å². The molecule has 0 bridgehead atoms. The fraction of sp³-hybridized carbons (Fsp3) is 0.440. The van der Waals surface area contributed by atoms with Crippen molar-refractivity contribution < 1.29 is 14.7 Å². The number of hydrogen-bond donors (Lipinski definition) is 4. The quantitative estimate of drug-likeness (QED) is 0.403. The number of benzene rings is 2. The maximum atomic E-state index is 13.0. The van der Waals surface area contributed by atoms with Crippen molar-refractivity contribution in [3.8, 4) is 5.75 Å². The lowest BCUT2D eigenvalue weighted by atomic mass is 9.93. The third-order valence-electron chi connectivity index (χ3n) is 6.03. The average Bonchev–Trinajstić information content (AvgIpc) is 3.24. The molecule has 2 unspecified atom stereocenters. The van der Waals surface area contributed by atoms with Gasteiger partial charge in [-0.3, -0.25) is 9.59 Å². The molecule has 2 atom stereocenters. The van der Waals surface area contributed by atoms with Crippen molar-refractivity contribution >= 4 is 36.0 Å². The van der Waals surface area contributed by atoms with Crippen molar-refractivity contribution in [3.63, 3.8) is 0 Å². The lowest BCUT2D eigenvalue weighted by Crippen LogP contribution is -2.62. The summed E-state index contributed by atoms with van der Waals surface area (Å²) in [5.74, 6) is 1.12. The number of phenolic OH excluding ortho intramolecular Hbond substituents is 1. The van der Waals surface area contributed by atoms with Crippen LogP contribution in [0.5, 0.6) is 5.75 Å². The summed E-state index contributed by atoms with van der Waals surface area (Å²) in [5, 5.41) is 15.7. The zero-order valence-corrected chi connectivity index (χ0v) is 20.9. The van der Waals surface area contributed by atoms with Crippen LogP contribution in [-0.2, 0) is 22.4 Å². The van der Waals surface area contributed by atoms with E-state index in [1.165, 1.54) is 5.56 Å². The van der Waals surface area contributed by atoms with E-state index >= 15 is 0 Å². The highest BCUT2D eigenvalue weighted by Crippen LogP contribution is 2.29. The van der Waals surface area contributed by atoms with Gasteiger partial charge in [0.2, 0.25) is 11.8 Å². The van der Waals surface area contributed by atoms with Crippen LogP contribution in [0.4, 0.5) is 0 Å². The van der Waals surface area contributed by atoms with Gasteiger partial charge in [0.1, 0.15) is 11.3 Å². The van der Waals surface area contributed by atoms with Gasteiger partial charge >= 0.3 is 0 Å². The Morgan fingerprint density at radius 1 is 1.18 bits per heavy atom. The maximum Gasteiger partial charge on any atom is 0.246 e. The van der Waals surface area contributed by atoms with Crippen molar-refractivity contribution in [1.29, 1.82) is 0 Å². The molecule has 2 aromatic rings. The molecule has 1 aliphatic heterocycles. The van der Waals surface area contributed by atoms with Crippen molar-refractivity contribution in [3.05, 3.63) is 64.7 Å². The molecule has 1 heterocycles. The minimum absolute atomic E-state index is 0. The smallest absolute Gasteiger partial charge is 0.246 e. The molecule has 1 saturated heterocycles. The zero-order valence-electron chi connectivity index (χ0n) is 19.2. The predicted octanol–water partition coefficient (Wildman–Crippen LogP) is 3.04. The predicted molar refractivity (Wildman–Crippen MR) is 137 cm³/mol. The fourth-order valence-corrected chi connectivity index (χ4v) is 5.47. The lowest BCUT2D eigenvalue weighted by Gasteiger charge is -2.30. The van der Waals surface area contributed by atoms with Crippen LogP contribution in [0, 0.1) is 13.8 Å². The molecule has 0 saturated carbocycles. The molecule has 1 fully saturated rings. The summed E-state index contributed by atoms with van der Waals surface area (Å²) >= 11 is 1.67. The van der Waals surface area contributed by atoms with E-state index in [9.17, 15) is 14.7 Å². The fourth-order valence-electron chi connectivity index (χ4n) is 4.14. The first-order chi connectivity index (χ1) is 15.3. The highest BCUT2D eigenvalue weighted by atomic mass is 35.5. The summed E-state index contributed by atoms with van der Waals surface area (Å²) in [5.41, 5.74) is 9.31. The molecule has 33 heavy (non-hydrogen) atoms. The van der Waals surface area contributed by atoms with Crippen LogP contribution in [0.1, 0.15) is 35.1 Å². The second kappa shape index (κ2) is 12.3. The van der Waals surface area contributed by atoms with Gasteiger partial charge in [-0.1, -0.05) is 30.3 Å². The summed E-state index contributed by atoms with van der Waals surface area (Å²) in [6.07, 6.45) is 2.68. The molecule has 0 aromatic heterocycles. The monoisotopic (exact) mass is 491 g/mol. The van der Waals surface area contributed by atoms with Gasteiger partial charge in [0.25, 0.3) is 0 Å². The minimum Gasteiger partial charge on any atom is -0.508 e. The Bertz CT molecular complexity index is 926. The van der Waals surface area contributed by atoms with Crippen LogP contribution < -0.4 is 16.4 Å². The number of amides is 2. The molecule has 6 nitrogen and oxygen atoms in total. The first kappa shape index (κ1) is 27.0. The molecule has 8 heteroatoms. The Hall–Kier alpha value is -2.22. The number of hydrogen-bond acceptors (Lipinski definition) is 5. The molecule has 0 spiro atoms. The van der Waals surface area contributed by atoms with Gasteiger partial charge in [0, 0.05) is 12.3 Å². The summed E-state index contributed by atoms with van der Waals surface area (Å²) in [6, 6.07) is 12.7. The molecule has 3 rings (SSSR count). The van der Waals surface area contributed by atoms with Crippen molar-refractivity contribution in [1.82, 2.24) is 10.6 Å². The van der Waals surface area contributed by atoms with E-state index < -0.39 is 11.6 Å². The van der Waals surface area contributed by atoms with E-state index in [2.05, 4.69) is 22.8 Å². The number of carbonyl (C=O) groups excluding carboxylic acids is 2. The van der Waals surface area contributed by atoms with Crippen LogP contribution in [0.3, 0.4) is 0 Å². The highest BCUT2D eigenvalue weighted by molar-refractivity contribution is 7.99. The Labute approximate surface area is 206 Å². The number of aromatic hydroxyl groups is 1. The molecular weight excluding hydrogens is 458 g/mol. The zero-order chi connectivity index (χ0) is 23.1. The molecule has 2 aromatic carbocycles. The summed E-state index contributed by atoms with van der Waals surface area (Å²) < 4.78 is 0. The number of halogens is 1. The number of thioether (sulfide) groups is 1. The second-order valence-corrected chi connectivity index (χ2v) is 9.69. The summed E-state index contributed by atoms with van der Waals surface area (Å²) in [7, 11) is 0. The Morgan fingerprint density at radius 2 is 1.85 bits per heavy atom. The van der Waals surface area contributed by atoms with Gasteiger partial charge in [-0.25, -0.2) is 0 Å². The average molecular weight is 492 g/mol. The Kier molecular flexibility index (Phi) is 10.1. The molecule has 0 radical (unpaired) electrons. The topological polar surface area (TPSA) is 104 Å². The van der Waals surface area contributed by atoms with Crippen LogP contribution in [0.15, 0.2) is 42.5 Å². The van der Waals surface area contributed by atoms with Gasteiger partial charge in [-0.2, -0.15) is 11.8 Å². The molecule has 5 N–H and O–H groups in total. The molecule has 0 aliphatic carbocycles. The number of rotatable bonds is 9. The third kappa shape index (κ3) is 7.13. The third-order valence-corrected chi connectivity index (χ3v) is 7.22. The van der Waals surface area contributed by atoms with Gasteiger partial charge < -0.3 is 21.5 Å². The second-order valence-electron chi connectivity index (χ2n) is 8.59. The van der Waals surface area contributed by atoms with E-state index in [1.54, 1.807) is 23.9 Å². The Morgan fingerprint density at radius 3 is 2.45 bits per heavy atom. The first-order valence-electron chi connectivity index (χ1n) is 11.1. The van der Waals surface area contributed by atoms with E-state index in [4.69, 9.17) is 5.73 Å².